The molecule has 5 heteroatoms. The largest absolute Gasteiger partial charge is 0.335 e. The topological polar surface area (TPSA) is 37.3 Å². The van der Waals surface area contributed by atoms with Crippen molar-refractivity contribution in [2.75, 3.05) is 0 Å². The number of benzene rings is 2. The van der Waals surface area contributed by atoms with Gasteiger partial charge in [-0.05, 0) is 54.3 Å². The Morgan fingerprint density at radius 3 is 2.52 bits per heavy atom. The molecule has 0 radical (unpaired) electrons. The molecule has 0 saturated heterocycles. The van der Waals surface area contributed by atoms with Crippen LogP contribution in [-0.4, -0.2) is 21.5 Å². The lowest BCUT2D eigenvalue weighted by Gasteiger charge is -2.32. The van der Waals surface area contributed by atoms with Gasteiger partial charge < -0.3 is 14.8 Å². The van der Waals surface area contributed by atoms with Gasteiger partial charge in [0.1, 0.15) is 5.82 Å². The fourth-order valence-electron chi connectivity index (χ4n) is 4.66. The van der Waals surface area contributed by atoms with Crippen LogP contribution in [0.1, 0.15) is 48.5 Å². The molecule has 2 amide bonds. The molecule has 148 valence electrons. The molecule has 0 unspecified atom stereocenters. The van der Waals surface area contributed by atoms with Crippen LogP contribution >= 0.6 is 0 Å². The SMILES string of the molecule is O=C(NC1CCCC1)N1Cc2ccccc2-n2cccc2[C@@H]1c1ccc(F)cc1. The third kappa shape index (κ3) is 3.31. The van der Waals surface area contributed by atoms with Crippen molar-refractivity contribution < 1.29 is 9.18 Å². The lowest BCUT2D eigenvalue weighted by atomic mass is 10.0. The van der Waals surface area contributed by atoms with E-state index in [2.05, 4.69) is 22.0 Å². The van der Waals surface area contributed by atoms with Crippen LogP contribution in [0.3, 0.4) is 0 Å². The lowest BCUT2D eigenvalue weighted by Crippen LogP contribution is -2.45. The van der Waals surface area contributed by atoms with Crippen LogP contribution in [-0.2, 0) is 6.54 Å². The van der Waals surface area contributed by atoms with Crippen molar-refractivity contribution in [3.05, 3.63) is 89.5 Å². The van der Waals surface area contributed by atoms with Crippen LogP contribution in [0.5, 0.6) is 0 Å². The van der Waals surface area contributed by atoms with Gasteiger partial charge in [0, 0.05) is 17.9 Å². The molecule has 5 rings (SSSR count). The van der Waals surface area contributed by atoms with Gasteiger partial charge in [0.2, 0.25) is 0 Å². The molecule has 1 aliphatic heterocycles. The van der Waals surface area contributed by atoms with E-state index in [1.165, 1.54) is 12.1 Å². The van der Waals surface area contributed by atoms with E-state index in [1.807, 2.05) is 35.4 Å². The van der Waals surface area contributed by atoms with E-state index in [1.54, 1.807) is 12.1 Å². The van der Waals surface area contributed by atoms with E-state index in [0.717, 1.165) is 48.2 Å². The van der Waals surface area contributed by atoms with Crippen LogP contribution in [0.15, 0.2) is 66.9 Å². The molecule has 3 aromatic rings. The molecule has 4 nitrogen and oxygen atoms in total. The Labute approximate surface area is 170 Å². The number of hydrogen-bond acceptors (Lipinski definition) is 1. The highest BCUT2D eigenvalue weighted by Crippen LogP contribution is 2.36. The second kappa shape index (κ2) is 7.39. The molecule has 1 saturated carbocycles. The molecular formula is C24H24FN3O. The van der Waals surface area contributed by atoms with E-state index in [-0.39, 0.29) is 23.9 Å². The maximum Gasteiger partial charge on any atom is 0.318 e. The van der Waals surface area contributed by atoms with Crippen molar-refractivity contribution in [2.24, 2.45) is 0 Å². The predicted octanol–water partition coefficient (Wildman–Crippen LogP) is 5.17. The van der Waals surface area contributed by atoms with Crippen LogP contribution in [0, 0.1) is 5.82 Å². The molecule has 1 N–H and O–H groups in total. The second-order valence-electron chi connectivity index (χ2n) is 7.94. The Hall–Kier alpha value is -3.08. The number of carbonyl (C=O) groups is 1. The molecule has 29 heavy (non-hydrogen) atoms. The highest BCUT2D eigenvalue weighted by Gasteiger charge is 2.33. The Bertz CT molecular complexity index is 1020. The zero-order valence-corrected chi connectivity index (χ0v) is 16.2. The first kappa shape index (κ1) is 18.0. The molecule has 1 fully saturated rings. The van der Waals surface area contributed by atoms with E-state index < -0.39 is 0 Å². The number of amides is 2. The van der Waals surface area contributed by atoms with Gasteiger partial charge in [0.15, 0.2) is 0 Å². The number of halogens is 1. The summed E-state index contributed by atoms with van der Waals surface area (Å²) in [6, 6.07) is 18.6. The summed E-state index contributed by atoms with van der Waals surface area (Å²) in [5.41, 5.74) is 4.08. The minimum absolute atomic E-state index is 0.0596. The van der Waals surface area contributed by atoms with Crippen molar-refractivity contribution in [2.45, 2.75) is 44.3 Å². The Morgan fingerprint density at radius 2 is 1.72 bits per heavy atom. The molecule has 1 aromatic heterocycles. The Kier molecular flexibility index (Phi) is 4.58. The minimum Gasteiger partial charge on any atom is -0.335 e. The molecule has 2 aromatic carbocycles. The number of fused-ring (bicyclic) bond motifs is 3. The predicted molar refractivity (Wildman–Crippen MR) is 110 cm³/mol. The van der Waals surface area contributed by atoms with Crippen LogP contribution in [0.2, 0.25) is 0 Å². The number of urea groups is 1. The van der Waals surface area contributed by atoms with Gasteiger partial charge in [0.25, 0.3) is 0 Å². The fourth-order valence-corrected chi connectivity index (χ4v) is 4.66. The van der Waals surface area contributed by atoms with Gasteiger partial charge in [-0.15, -0.1) is 0 Å². The van der Waals surface area contributed by atoms with Crippen LogP contribution < -0.4 is 5.32 Å². The maximum absolute atomic E-state index is 13.6. The fraction of sp³-hybridized carbons (Fsp3) is 0.292. The highest BCUT2D eigenvalue weighted by molar-refractivity contribution is 5.76. The average molecular weight is 389 g/mol. The van der Waals surface area contributed by atoms with Crippen molar-refractivity contribution in [3.63, 3.8) is 0 Å². The zero-order chi connectivity index (χ0) is 19.8. The standard InChI is InChI=1S/C24H24FN3O/c25-19-13-11-17(12-14-19)23-22-10-5-15-27(22)21-9-4-1-6-18(21)16-28(23)24(29)26-20-7-2-3-8-20/h1,4-6,9-15,20,23H,2-3,7-8,16H2,(H,26,29)/t23-/m0/s1. The Morgan fingerprint density at radius 1 is 0.966 bits per heavy atom. The number of nitrogens with one attached hydrogen (secondary N) is 1. The maximum atomic E-state index is 13.6. The summed E-state index contributed by atoms with van der Waals surface area (Å²) >= 11 is 0. The van der Waals surface area contributed by atoms with Crippen molar-refractivity contribution in [1.29, 1.82) is 0 Å². The summed E-state index contributed by atoms with van der Waals surface area (Å²) in [5, 5.41) is 3.24. The third-order valence-electron chi connectivity index (χ3n) is 6.09. The van der Waals surface area contributed by atoms with Gasteiger partial charge in [-0.2, -0.15) is 0 Å². The molecule has 2 aliphatic rings. The van der Waals surface area contributed by atoms with E-state index in [0.29, 0.717) is 6.54 Å². The van der Waals surface area contributed by atoms with E-state index in [4.69, 9.17) is 0 Å². The van der Waals surface area contributed by atoms with Crippen LogP contribution in [0.4, 0.5) is 9.18 Å². The highest BCUT2D eigenvalue weighted by atomic mass is 19.1. The number of nitrogens with zero attached hydrogens (tertiary/aromatic N) is 2. The van der Waals surface area contributed by atoms with E-state index in [9.17, 15) is 9.18 Å². The average Bonchev–Trinajstić information content (AvgIpc) is 3.39. The molecular weight excluding hydrogens is 365 g/mol. The molecule has 0 bridgehead atoms. The first-order valence-corrected chi connectivity index (χ1v) is 10.3. The number of hydrogen-bond donors (Lipinski definition) is 1. The van der Waals surface area contributed by atoms with Crippen molar-refractivity contribution in [1.82, 2.24) is 14.8 Å². The van der Waals surface area contributed by atoms with Gasteiger partial charge in [-0.25, -0.2) is 9.18 Å². The normalized spacial score (nSPS) is 18.8. The van der Waals surface area contributed by atoms with Gasteiger partial charge >= 0.3 is 6.03 Å². The zero-order valence-electron chi connectivity index (χ0n) is 16.2. The third-order valence-corrected chi connectivity index (χ3v) is 6.09. The summed E-state index contributed by atoms with van der Waals surface area (Å²) in [6.07, 6.45) is 6.43. The quantitative estimate of drug-likeness (QED) is 0.645. The molecule has 0 spiro atoms. The summed E-state index contributed by atoms with van der Waals surface area (Å²) in [6.45, 7) is 0.498. The second-order valence-corrected chi connectivity index (χ2v) is 7.94. The smallest absolute Gasteiger partial charge is 0.318 e. The number of rotatable bonds is 2. The van der Waals surface area contributed by atoms with Crippen LogP contribution in [0.25, 0.3) is 5.69 Å². The van der Waals surface area contributed by atoms with Crippen molar-refractivity contribution >= 4 is 6.03 Å². The first-order chi connectivity index (χ1) is 14.2. The number of para-hydroxylation sites is 1. The lowest BCUT2D eigenvalue weighted by molar-refractivity contribution is 0.176. The first-order valence-electron chi connectivity index (χ1n) is 10.3. The van der Waals surface area contributed by atoms with Gasteiger partial charge in [-0.1, -0.05) is 43.2 Å². The molecule has 1 atom stereocenters. The van der Waals surface area contributed by atoms with E-state index >= 15 is 0 Å². The van der Waals surface area contributed by atoms with Gasteiger partial charge in [0.05, 0.1) is 18.3 Å². The summed E-state index contributed by atoms with van der Waals surface area (Å²) < 4.78 is 15.8. The number of aromatic nitrogens is 1. The molecule has 2 heterocycles. The summed E-state index contributed by atoms with van der Waals surface area (Å²) in [7, 11) is 0. The monoisotopic (exact) mass is 389 g/mol. The molecule has 1 aliphatic carbocycles. The van der Waals surface area contributed by atoms with Crippen molar-refractivity contribution in [3.8, 4) is 5.69 Å². The summed E-state index contributed by atoms with van der Waals surface area (Å²) in [4.78, 5) is 15.3. The van der Waals surface area contributed by atoms with Gasteiger partial charge in [-0.3, -0.25) is 0 Å². The Balaban J connectivity index is 1.61. The summed E-state index contributed by atoms with van der Waals surface area (Å²) in [5.74, 6) is -0.275. The minimum atomic E-state index is -0.292. The number of carbonyl (C=O) groups excluding carboxylic acids is 1.